The second-order valence-electron chi connectivity index (χ2n) is 3.69. The third kappa shape index (κ3) is 4.74. The summed E-state index contributed by atoms with van der Waals surface area (Å²) in [6.07, 6.45) is 1.20. The lowest BCUT2D eigenvalue weighted by atomic mass is 10.1. The molecule has 0 aromatic heterocycles. The molecule has 1 N–H and O–H groups in total. The first-order chi connectivity index (χ1) is 7.76. The zero-order chi connectivity index (χ0) is 11.8. The molecular weight excluding hydrogens is 216 g/mol. The lowest BCUT2D eigenvalue weighted by Gasteiger charge is -2.07. The Morgan fingerprint density at radius 3 is 2.94 bits per heavy atom. The lowest BCUT2D eigenvalue weighted by Crippen LogP contribution is -1.93. The molecule has 0 bridgehead atoms. The van der Waals surface area contributed by atoms with E-state index >= 15 is 0 Å². The van der Waals surface area contributed by atoms with Crippen LogP contribution in [0.4, 0.5) is 0 Å². The molecule has 0 aliphatic carbocycles. The number of thioether (sulfide) groups is 1. The van der Waals surface area contributed by atoms with Crippen molar-refractivity contribution in [2.75, 3.05) is 6.61 Å². The Hall–Kier alpha value is -0.910. The van der Waals surface area contributed by atoms with Crippen LogP contribution in [0.3, 0.4) is 0 Å². The van der Waals surface area contributed by atoms with Gasteiger partial charge in [0.2, 0.25) is 0 Å². The maximum Gasteiger partial charge on any atom is 0.104 e. The zero-order valence-corrected chi connectivity index (χ0v) is 10.7. The molecule has 86 valence electrons. The molecule has 1 rings (SSSR count). The highest BCUT2D eigenvalue weighted by molar-refractivity contribution is 7.99. The first-order valence-electron chi connectivity index (χ1n) is 5.56. The smallest absolute Gasteiger partial charge is 0.104 e. The Labute approximate surface area is 102 Å². The third-order valence-corrected chi connectivity index (χ3v) is 3.75. The minimum absolute atomic E-state index is 0.0775. The van der Waals surface area contributed by atoms with Crippen LogP contribution in [0, 0.1) is 11.8 Å². The molecule has 0 aliphatic heterocycles. The Bertz CT molecular complexity index is 376. The van der Waals surface area contributed by atoms with Crippen LogP contribution in [-0.2, 0) is 5.75 Å². The van der Waals surface area contributed by atoms with Gasteiger partial charge in [-0.2, -0.15) is 11.8 Å². The van der Waals surface area contributed by atoms with E-state index in [1.165, 1.54) is 12.0 Å². The molecule has 1 unspecified atom stereocenters. The fourth-order valence-corrected chi connectivity index (χ4v) is 2.13. The first-order valence-corrected chi connectivity index (χ1v) is 6.61. The van der Waals surface area contributed by atoms with Crippen molar-refractivity contribution in [1.29, 1.82) is 0 Å². The average molecular weight is 234 g/mol. The van der Waals surface area contributed by atoms with E-state index in [-0.39, 0.29) is 6.61 Å². The van der Waals surface area contributed by atoms with Crippen molar-refractivity contribution in [3.63, 3.8) is 0 Å². The van der Waals surface area contributed by atoms with E-state index < -0.39 is 0 Å². The van der Waals surface area contributed by atoms with Gasteiger partial charge in [0, 0.05) is 16.6 Å². The van der Waals surface area contributed by atoms with Gasteiger partial charge in [0.05, 0.1) is 0 Å². The molecule has 0 heterocycles. The van der Waals surface area contributed by atoms with Gasteiger partial charge in [-0.3, -0.25) is 0 Å². The number of aliphatic hydroxyl groups excluding tert-OH is 1. The third-order valence-electron chi connectivity index (χ3n) is 2.35. The quantitative estimate of drug-likeness (QED) is 0.808. The maximum absolute atomic E-state index is 8.63. The van der Waals surface area contributed by atoms with E-state index in [0.717, 1.165) is 11.3 Å². The molecule has 16 heavy (non-hydrogen) atoms. The van der Waals surface area contributed by atoms with E-state index in [1.54, 1.807) is 0 Å². The van der Waals surface area contributed by atoms with E-state index in [1.807, 2.05) is 23.9 Å². The van der Waals surface area contributed by atoms with Crippen molar-refractivity contribution in [2.24, 2.45) is 0 Å². The van der Waals surface area contributed by atoms with E-state index in [2.05, 4.69) is 37.8 Å². The Morgan fingerprint density at radius 2 is 2.25 bits per heavy atom. The molecular formula is C14H18OS. The predicted molar refractivity (Wildman–Crippen MR) is 71.5 cm³/mol. The van der Waals surface area contributed by atoms with Crippen molar-refractivity contribution in [3.8, 4) is 11.8 Å². The molecule has 0 saturated heterocycles. The molecule has 1 aromatic rings. The Kier molecular flexibility index (Phi) is 6.07. The van der Waals surface area contributed by atoms with Gasteiger partial charge in [-0.1, -0.05) is 37.8 Å². The first kappa shape index (κ1) is 13.2. The normalized spacial score (nSPS) is 11.7. The molecule has 2 heteroatoms. The molecule has 0 radical (unpaired) electrons. The second-order valence-corrected chi connectivity index (χ2v) is 5.12. The summed E-state index contributed by atoms with van der Waals surface area (Å²) in [5.74, 6) is 6.63. The Morgan fingerprint density at radius 1 is 1.44 bits per heavy atom. The van der Waals surface area contributed by atoms with Crippen LogP contribution in [0.25, 0.3) is 0 Å². The largest absolute Gasteiger partial charge is 0.384 e. The van der Waals surface area contributed by atoms with Crippen molar-refractivity contribution in [2.45, 2.75) is 31.3 Å². The van der Waals surface area contributed by atoms with Crippen LogP contribution in [0.1, 0.15) is 31.4 Å². The van der Waals surface area contributed by atoms with Gasteiger partial charge in [0.1, 0.15) is 6.61 Å². The summed E-state index contributed by atoms with van der Waals surface area (Å²) < 4.78 is 0. The van der Waals surface area contributed by atoms with Gasteiger partial charge >= 0.3 is 0 Å². The lowest BCUT2D eigenvalue weighted by molar-refractivity contribution is 0.350. The van der Waals surface area contributed by atoms with Crippen LogP contribution in [0.15, 0.2) is 24.3 Å². The number of hydrogen-bond acceptors (Lipinski definition) is 2. The van der Waals surface area contributed by atoms with E-state index in [4.69, 9.17) is 5.11 Å². The average Bonchev–Trinajstić information content (AvgIpc) is 2.34. The predicted octanol–water partition coefficient (Wildman–Crippen LogP) is 3.06. The summed E-state index contributed by atoms with van der Waals surface area (Å²) in [7, 11) is 0. The maximum atomic E-state index is 8.63. The van der Waals surface area contributed by atoms with Gasteiger partial charge in [0.15, 0.2) is 0 Å². The second kappa shape index (κ2) is 7.38. The summed E-state index contributed by atoms with van der Waals surface area (Å²) in [6.45, 7) is 4.38. The van der Waals surface area contributed by atoms with Gasteiger partial charge < -0.3 is 5.11 Å². The summed E-state index contributed by atoms with van der Waals surface area (Å²) in [4.78, 5) is 0. The molecule has 1 nitrogen and oxygen atoms in total. The number of benzene rings is 1. The molecule has 1 atom stereocenters. The highest BCUT2D eigenvalue weighted by Crippen LogP contribution is 2.20. The van der Waals surface area contributed by atoms with Gasteiger partial charge in [-0.05, 0) is 24.1 Å². The van der Waals surface area contributed by atoms with Crippen LogP contribution in [0.5, 0.6) is 0 Å². The molecule has 0 amide bonds. The number of aliphatic hydroxyl groups is 1. The summed E-state index contributed by atoms with van der Waals surface area (Å²) in [6, 6.07) is 8.21. The molecule has 0 spiro atoms. The zero-order valence-electron chi connectivity index (χ0n) is 9.86. The van der Waals surface area contributed by atoms with Crippen LogP contribution in [-0.4, -0.2) is 17.0 Å². The van der Waals surface area contributed by atoms with Crippen molar-refractivity contribution < 1.29 is 5.11 Å². The molecule has 0 saturated carbocycles. The number of rotatable bonds is 4. The van der Waals surface area contributed by atoms with Crippen molar-refractivity contribution in [3.05, 3.63) is 35.4 Å². The standard InChI is InChI=1S/C14H18OS/c1-3-12(2)16-11-14-7-4-6-13(10-14)8-5-9-15/h4,6-7,10,12,15H,3,9,11H2,1-2H3. The minimum Gasteiger partial charge on any atom is -0.384 e. The van der Waals surface area contributed by atoms with Gasteiger partial charge in [-0.25, -0.2) is 0 Å². The SMILES string of the molecule is CCC(C)SCc1cccc(C#CCO)c1. The topological polar surface area (TPSA) is 20.2 Å². The minimum atomic E-state index is -0.0775. The van der Waals surface area contributed by atoms with E-state index in [0.29, 0.717) is 5.25 Å². The number of hydrogen-bond donors (Lipinski definition) is 1. The van der Waals surface area contributed by atoms with E-state index in [9.17, 15) is 0 Å². The molecule has 0 aliphatic rings. The van der Waals surface area contributed by atoms with Crippen molar-refractivity contribution in [1.82, 2.24) is 0 Å². The molecule has 0 fully saturated rings. The van der Waals surface area contributed by atoms with Gasteiger partial charge in [0.25, 0.3) is 0 Å². The molecule has 1 aromatic carbocycles. The van der Waals surface area contributed by atoms with Gasteiger partial charge in [-0.15, -0.1) is 0 Å². The Balaban J connectivity index is 2.60. The fourth-order valence-electron chi connectivity index (χ4n) is 1.24. The van der Waals surface area contributed by atoms with Crippen LogP contribution in [0.2, 0.25) is 0 Å². The van der Waals surface area contributed by atoms with Crippen LogP contribution < -0.4 is 0 Å². The summed E-state index contributed by atoms with van der Waals surface area (Å²) in [5.41, 5.74) is 2.28. The highest BCUT2D eigenvalue weighted by atomic mass is 32.2. The fraction of sp³-hybridized carbons (Fsp3) is 0.429. The summed E-state index contributed by atoms with van der Waals surface area (Å²) in [5, 5.41) is 9.33. The van der Waals surface area contributed by atoms with Crippen molar-refractivity contribution >= 4 is 11.8 Å². The monoisotopic (exact) mass is 234 g/mol. The van der Waals surface area contributed by atoms with Crippen LogP contribution >= 0.6 is 11.8 Å². The highest BCUT2D eigenvalue weighted by Gasteiger charge is 2.00. The summed E-state index contributed by atoms with van der Waals surface area (Å²) >= 11 is 1.96.